The van der Waals surface area contributed by atoms with Crippen molar-refractivity contribution in [1.82, 2.24) is 4.90 Å². The first-order valence-electron chi connectivity index (χ1n) is 5.77. The lowest BCUT2D eigenvalue weighted by molar-refractivity contribution is -0.384. The maximum Gasteiger partial charge on any atom is 0.318 e. The lowest BCUT2D eigenvalue weighted by Gasteiger charge is -2.26. The average molecular weight is 353 g/mol. The van der Waals surface area contributed by atoms with Crippen LogP contribution in [0.25, 0.3) is 0 Å². The van der Waals surface area contributed by atoms with Crippen molar-refractivity contribution in [2.24, 2.45) is 5.10 Å². The van der Waals surface area contributed by atoms with Gasteiger partial charge in [0.2, 0.25) is 0 Å². The van der Waals surface area contributed by atoms with Crippen molar-refractivity contribution in [2.45, 2.75) is 19.6 Å². The van der Waals surface area contributed by atoms with Crippen LogP contribution in [0.2, 0.25) is 10.0 Å². The van der Waals surface area contributed by atoms with Crippen molar-refractivity contribution in [2.75, 3.05) is 5.01 Å². The fourth-order valence-electron chi connectivity index (χ4n) is 1.99. The number of hydrogen-bond acceptors (Lipinski definition) is 6. The molecule has 0 spiro atoms. The number of amidine groups is 1. The molecule has 1 aromatic carbocycles. The van der Waals surface area contributed by atoms with Crippen LogP contribution in [0.4, 0.5) is 20.2 Å². The molecule has 1 aliphatic rings. The second-order valence-corrected chi connectivity index (χ2v) is 5.05. The van der Waals surface area contributed by atoms with Crippen molar-refractivity contribution in [3.05, 3.63) is 32.3 Å². The minimum Gasteiger partial charge on any atom is -0.299 e. The SMILES string of the molecule is CC1=NN(c2cc([N+](=O)[O-])c(Cl)cc2Cl)C(C=O)N1C(F)F. The van der Waals surface area contributed by atoms with Crippen LogP contribution in [0.5, 0.6) is 0 Å². The van der Waals surface area contributed by atoms with E-state index in [-0.39, 0.29) is 27.9 Å². The van der Waals surface area contributed by atoms with Crippen molar-refractivity contribution in [3.8, 4) is 0 Å². The zero-order chi connectivity index (χ0) is 16.6. The molecule has 1 aliphatic heterocycles. The Balaban J connectivity index is 2.54. The number of nitro groups is 1. The van der Waals surface area contributed by atoms with Crippen LogP contribution in [0.3, 0.4) is 0 Å². The van der Waals surface area contributed by atoms with Crippen LogP contribution in [0.15, 0.2) is 17.2 Å². The molecule has 0 aromatic heterocycles. The molecule has 1 heterocycles. The number of rotatable bonds is 4. The van der Waals surface area contributed by atoms with Gasteiger partial charge < -0.3 is 0 Å². The van der Waals surface area contributed by atoms with E-state index in [4.69, 9.17) is 23.2 Å². The van der Waals surface area contributed by atoms with Gasteiger partial charge >= 0.3 is 6.55 Å². The van der Waals surface area contributed by atoms with Crippen molar-refractivity contribution < 1.29 is 18.5 Å². The normalized spacial score (nSPS) is 17.9. The number of halogens is 4. The predicted octanol–water partition coefficient (Wildman–Crippen LogP) is 3.10. The summed E-state index contributed by atoms with van der Waals surface area (Å²) < 4.78 is 26.0. The summed E-state index contributed by atoms with van der Waals surface area (Å²) in [6.45, 7) is -1.69. The first kappa shape index (κ1) is 16.4. The molecule has 0 amide bonds. The molecule has 1 unspecified atom stereocenters. The highest BCUT2D eigenvalue weighted by atomic mass is 35.5. The molecule has 22 heavy (non-hydrogen) atoms. The summed E-state index contributed by atoms with van der Waals surface area (Å²) >= 11 is 11.6. The Morgan fingerprint density at radius 3 is 2.55 bits per heavy atom. The number of alkyl halides is 2. The number of hydrogen-bond donors (Lipinski definition) is 0. The Bertz CT molecular complexity index is 671. The summed E-state index contributed by atoms with van der Waals surface area (Å²) in [6.07, 6.45) is -1.22. The molecule has 11 heteroatoms. The quantitative estimate of drug-likeness (QED) is 0.360. The number of aldehydes is 1. The first-order valence-corrected chi connectivity index (χ1v) is 6.53. The van der Waals surface area contributed by atoms with E-state index >= 15 is 0 Å². The van der Waals surface area contributed by atoms with E-state index in [1.807, 2.05) is 0 Å². The molecule has 0 saturated heterocycles. The van der Waals surface area contributed by atoms with Gasteiger partial charge in [0.25, 0.3) is 5.69 Å². The highest BCUT2D eigenvalue weighted by molar-refractivity contribution is 6.37. The summed E-state index contributed by atoms with van der Waals surface area (Å²) in [7, 11) is 0. The average Bonchev–Trinajstić information content (AvgIpc) is 2.74. The largest absolute Gasteiger partial charge is 0.318 e. The van der Waals surface area contributed by atoms with E-state index in [1.54, 1.807) is 0 Å². The number of carbonyl (C=O) groups excluding carboxylic acids is 1. The van der Waals surface area contributed by atoms with Gasteiger partial charge in [0, 0.05) is 6.07 Å². The third-order valence-corrected chi connectivity index (χ3v) is 3.56. The first-order chi connectivity index (χ1) is 10.3. The highest BCUT2D eigenvalue weighted by Crippen LogP contribution is 2.38. The number of nitro benzene ring substituents is 1. The number of nitrogens with zero attached hydrogens (tertiary/aromatic N) is 4. The Morgan fingerprint density at radius 2 is 2.05 bits per heavy atom. The van der Waals surface area contributed by atoms with Crippen LogP contribution in [-0.4, -0.2) is 34.7 Å². The highest BCUT2D eigenvalue weighted by Gasteiger charge is 2.39. The number of hydrazone groups is 1. The molecule has 0 fully saturated rings. The molecular formula is C11H8Cl2F2N4O3. The molecule has 2 rings (SSSR count). The molecular weight excluding hydrogens is 345 g/mol. The van der Waals surface area contributed by atoms with Gasteiger partial charge in [-0.3, -0.25) is 19.8 Å². The molecule has 0 saturated carbocycles. The smallest absolute Gasteiger partial charge is 0.299 e. The standard InChI is InChI=1S/C11H8Cl2F2N4O3/c1-5-16-18(10(4-20)17(5)11(14)15)8-3-9(19(21)22)7(13)2-6(8)12/h2-4,10-11H,1H3. The Hall–Kier alpha value is -2.00. The van der Waals surface area contributed by atoms with Gasteiger partial charge in [-0.25, -0.2) is 5.01 Å². The van der Waals surface area contributed by atoms with Crippen LogP contribution in [0.1, 0.15) is 6.92 Å². The predicted molar refractivity (Wildman–Crippen MR) is 76.4 cm³/mol. The van der Waals surface area contributed by atoms with Gasteiger partial charge in [-0.05, 0) is 13.0 Å². The molecule has 1 aromatic rings. The Kier molecular flexibility index (Phi) is 4.47. The summed E-state index contributed by atoms with van der Waals surface area (Å²) in [5.74, 6) is -0.124. The van der Waals surface area contributed by atoms with Gasteiger partial charge in [0.1, 0.15) is 10.9 Å². The van der Waals surface area contributed by atoms with Gasteiger partial charge in [-0.15, -0.1) is 0 Å². The van der Waals surface area contributed by atoms with Crippen molar-refractivity contribution in [1.29, 1.82) is 0 Å². The minimum absolute atomic E-state index is 0.0601. The molecule has 118 valence electrons. The Morgan fingerprint density at radius 1 is 1.41 bits per heavy atom. The third kappa shape index (κ3) is 2.69. The van der Waals surface area contributed by atoms with Crippen LogP contribution >= 0.6 is 23.2 Å². The monoisotopic (exact) mass is 352 g/mol. The molecule has 0 bridgehead atoms. The lowest BCUT2D eigenvalue weighted by atomic mass is 10.2. The number of carbonyl (C=O) groups is 1. The molecule has 0 aliphatic carbocycles. The topological polar surface area (TPSA) is 79.0 Å². The van der Waals surface area contributed by atoms with E-state index in [0.29, 0.717) is 4.90 Å². The maximum atomic E-state index is 13.0. The number of benzene rings is 1. The van der Waals surface area contributed by atoms with Crippen LogP contribution < -0.4 is 5.01 Å². The summed E-state index contributed by atoms with van der Waals surface area (Å²) in [5.41, 5.74) is -0.550. The molecule has 7 nitrogen and oxygen atoms in total. The second kappa shape index (κ2) is 6.01. The Labute approximate surface area is 132 Å². The van der Waals surface area contributed by atoms with E-state index in [9.17, 15) is 23.7 Å². The van der Waals surface area contributed by atoms with Gasteiger partial charge in [-0.2, -0.15) is 13.9 Å². The minimum atomic E-state index is -2.97. The van der Waals surface area contributed by atoms with Crippen molar-refractivity contribution in [3.63, 3.8) is 0 Å². The fourth-order valence-corrected chi connectivity index (χ4v) is 2.53. The number of anilines is 1. The van der Waals surface area contributed by atoms with E-state index in [1.165, 1.54) is 6.92 Å². The fraction of sp³-hybridized carbons (Fsp3) is 0.273. The van der Waals surface area contributed by atoms with Gasteiger partial charge in [0.15, 0.2) is 12.5 Å². The summed E-state index contributed by atoms with van der Waals surface area (Å²) in [4.78, 5) is 21.8. The van der Waals surface area contributed by atoms with Crippen molar-refractivity contribution >= 4 is 46.7 Å². The lowest BCUT2D eigenvalue weighted by Crippen LogP contribution is -2.45. The molecule has 1 atom stereocenters. The van der Waals surface area contributed by atoms with Crippen LogP contribution in [-0.2, 0) is 4.79 Å². The second-order valence-electron chi connectivity index (χ2n) is 4.24. The molecule has 0 N–H and O–H groups in total. The zero-order valence-electron chi connectivity index (χ0n) is 10.9. The summed E-state index contributed by atoms with van der Waals surface area (Å²) in [6, 6.07) is 2.07. The zero-order valence-corrected chi connectivity index (χ0v) is 12.4. The maximum absolute atomic E-state index is 13.0. The van der Waals surface area contributed by atoms with Crippen LogP contribution in [0, 0.1) is 10.1 Å². The third-order valence-electron chi connectivity index (χ3n) is 2.95. The van der Waals surface area contributed by atoms with Gasteiger partial charge in [-0.1, -0.05) is 23.2 Å². The van der Waals surface area contributed by atoms with E-state index < -0.39 is 23.3 Å². The summed E-state index contributed by atoms with van der Waals surface area (Å²) in [5, 5.41) is 15.3. The van der Waals surface area contributed by atoms with E-state index in [0.717, 1.165) is 17.1 Å². The molecule has 0 radical (unpaired) electrons. The van der Waals surface area contributed by atoms with E-state index in [2.05, 4.69) is 5.10 Å². The van der Waals surface area contributed by atoms with Gasteiger partial charge in [0.05, 0.1) is 15.6 Å².